The molecule has 2 heterocycles. The van der Waals surface area contributed by atoms with Gasteiger partial charge in [-0.3, -0.25) is 38.4 Å². The summed E-state index contributed by atoms with van der Waals surface area (Å²) in [7, 11) is 0. The summed E-state index contributed by atoms with van der Waals surface area (Å²) in [6.07, 6.45) is 10.4. The largest absolute Gasteiger partial charge is 0.481 e. The molecule has 7 unspecified atom stereocenters. The number of carboxylic acids is 2. The first kappa shape index (κ1) is 85.7. The Balaban J connectivity index is 0.000000393. The average Bonchev–Trinajstić information content (AvgIpc) is 0.812. The van der Waals surface area contributed by atoms with Crippen LogP contribution >= 0.6 is 71.4 Å². The molecule has 2 N–H and O–H groups in total. The zero-order chi connectivity index (χ0) is 70.6. The van der Waals surface area contributed by atoms with E-state index in [9.17, 15) is 43.2 Å². The lowest BCUT2D eigenvalue weighted by Gasteiger charge is -2.38. The molecule has 95 heavy (non-hydrogen) atoms. The molecule has 5 aromatic carbocycles. The van der Waals surface area contributed by atoms with Gasteiger partial charge in [-0.2, -0.15) is 36.2 Å². The van der Waals surface area contributed by atoms with Gasteiger partial charge in [-0.05, 0) is 132 Å². The molecular weight excluding hydrogens is 1310 g/mol. The molecule has 2 saturated heterocycles. The van der Waals surface area contributed by atoms with Gasteiger partial charge in [-0.1, -0.05) is 210 Å². The first-order chi connectivity index (χ1) is 45.4. The number of rotatable bonds is 31. The summed E-state index contributed by atoms with van der Waals surface area (Å²) in [5, 5.41) is 18.4. The van der Waals surface area contributed by atoms with E-state index in [0.29, 0.717) is 42.6 Å². The Kier molecular flexibility index (Phi) is 45.1. The van der Waals surface area contributed by atoms with Crippen molar-refractivity contribution in [3.8, 4) is 0 Å². The highest BCUT2D eigenvalue weighted by Gasteiger charge is 2.39. The maximum atomic E-state index is 12.0. The Morgan fingerprint density at radius 1 is 0.558 bits per heavy atom. The second-order valence-corrected chi connectivity index (χ2v) is 31.2. The van der Waals surface area contributed by atoms with Crippen LogP contribution in [0.4, 0.5) is 0 Å². The molecule has 7 atom stereocenters. The van der Waals surface area contributed by atoms with Crippen molar-refractivity contribution in [3.63, 3.8) is 0 Å². The van der Waals surface area contributed by atoms with E-state index in [4.69, 9.17) is 10.2 Å². The lowest BCUT2D eigenvalue weighted by atomic mass is 9.91. The monoisotopic (exact) mass is 1410 g/mol. The molecule has 0 spiro atoms. The molecule has 518 valence electrons. The number of ketones is 6. The van der Waals surface area contributed by atoms with E-state index >= 15 is 0 Å². The fourth-order valence-corrected chi connectivity index (χ4v) is 18.0. The van der Waals surface area contributed by atoms with Crippen LogP contribution in [0, 0.1) is 23.7 Å². The third-order valence-corrected chi connectivity index (χ3v) is 23.7. The predicted octanol–water partition coefficient (Wildman–Crippen LogP) is 20.1. The van der Waals surface area contributed by atoms with Gasteiger partial charge in [0, 0.05) is 82.5 Å². The second-order valence-electron chi connectivity index (χ2n) is 23.7. The van der Waals surface area contributed by atoms with Crippen LogP contribution in [0.15, 0.2) is 164 Å². The van der Waals surface area contributed by atoms with E-state index in [1.165, 1.54) is 71.9 Å². The van der Waals surface area contributed by atoms with Gasteiger partial charge in [-0.25, -0.2) is 0 Å². The number of Topliss-reactive ketones (excluding diaryl/α,β-unsaturated/α-hetero) is 6. The Bertz CT molecular complexity index is 3050. The predicted molar refractivity (Wildman–Crippen MR) is 406 cm³/mol. The number of hydrogen-bond acceptors (Lipinski definition) is 15. The van der Waals surface area contributed by atoms with E-state index in [0.717, 1.165) is 67.7 Å². The number of aliphatic carboxylic acids is 2. The number of benzene rings is 5. The quantitative estimate of drug-likeness (QED) is 0.0215. The van der Waals surface area contributed by atoms with Crippen molar-refractivity contribution >= 4 is 123 Å². The van der Waals surface area contributed by atoms with Gasteiger partial charge in [0.05, 0.1) is 10.00 Å². The van der Waals surface area contributed by atoms with Gasteiger partial charge in [0.1, 0.15) is 23.1 Å². The van der Waals surface area contributed by atoms with Crippen molar-refractivity contribution in [2.75, 3.05) is 28.8 Å². The second kappa shape index (κ2) is 50.0. The minimum Gasteiger partial charge on any atom is -0.481 e. The van der Waals surface area contributed by atoms with Gasteiger partial charge in [-0.15, -0.1) is 23.5 Å². The Morgan fingerprint density at radius 2 is 1.04 bits per heavy atom. The van der Waals surface area contributed by atoms with Crippen molar-refractivity contribution < 1.29 is 53.4 Å². The summed E-state index contributed by atoms with van der Waals surface area (Å²) in [6, 6.07) is 50.1. The highest BCUT2D eigenvalue weighted by Crippen LogP contribution is 2.54. The minimum atomic E-state index is -0.975. The van der Waals surface area contributed by atoms with Gasteiger partial charge >= 0.3 is 11.9 Å². The van der Waals surface area contributed by atoms with Crippen LogP contribution in [-0.4, -0.2) is 90.7 Å². The topological polar surface area (TPSA) is 194 Å². The van der Waals surface area contributed by atoms with Gasteiger partial charge in [0.15, 0.2) is 16.7 Å². The minimum absolute atomic E-state index is 0.0266. The number of hydrogen-bond donors (Lipinski definition) is 3. The number of carbonyl (C=O) groups is 9. The van der Waals surface area contributed by atoms with Crippen LogP contribution in [0.2, 0.25) is 0 Å². The summed E-state index contributed by atoms with van der Waals surface area (Å²) in [4.78, 5) is 101. The summed E-state index contributed by atoms with van der Waals surface area (Å²) < 4.78 is 0.0883. The van der Waals surface area contributed by atoms with Crippen molar-refractivity contribution in [2.45, 2.75) is 178 Å². The van der Waals surface area contributed by atoms with E-state index in [-0.39, 0.29) is 79.2 Å². The Labute approximate surface area is 594 Å². The summed E-state index contributed by atoms with van der Waals surface area (Å²) in [5.74, 6) is 4.71. The average molecular weight is 1410 g/mol. The van der Waals surface area contributed by atoms with Crippen LogP contribution in [0.1, 0.15) is 207 Å². The molecule has 2 aliphatic heterocycles. The van der Waals surface area contributed by atoms with E-state index < -0.39 is 17.9 Å². The Morgan fingerprint density at radius 3 is 1.49 bits per heavy atom. The molecule has 2 aliphatic rings. The Hall–Kier alpha value is -5.43. The van der Waals surface area contributed by atoms with Crippen molar-refractivity contribution in [1.29, 1.82) is 0 Å². The highest BCUT2D eigenvalue weighted by atomic mass is 32.2. The molecule has 0 amide bonds. The van der Waals surface area contributed by atoms with Crippen LogP contribution in [-0.2, 0) is 42.4 Å². The van der Waals surface area contributed by atoms with Crippen LogP contribution < -0.4 is 0 Å². The third-order valence-electron chi connectivity index (χ3n) is 15.8. The first-order valence-electron chi connectivity index (χ1n) is 33.1. The molecule has 5 aromatic rings. The first-order valence-corrected chi connectivity index (χ1v) is 38.7. The molecular formula is C78H104O11S6. The van der Waals surface area contributed by atoms with E-state index in [1.54, 1.807) is 39.8 Å². The van der Waals surface area contributed by atoms with E-state index in [2.05, 4.69) is 117 Å². The third kappa shape index (κ3) is 36.7. The maximum Gasteiger partial charge on any atom is 0.306 e. The van der Waals surface area contributed by atoms with Crippen LogP contribution in [0.5, 0.6) is 0 Å². The van der Waals surface area contributed by atoms with Gasteiger partial charge < -0.3 is 15.0 Å². The standard InChI is InChI=1S/C17H24OS2.C16H22O2S.C14H18O2.C13H16O4S.C10H12S2.C8H12O2/c1-3-8-15(14(2)18)13-17(19-11-7-12-20-17)16-9-5-4-6-10-16;1-4-8-15(12(2)17)11-16(19-13(3)18)14-9-6-5-7-10-14;1-3-7-13(11(2)15)10-14(16)12-8-5-4-6-9-12;14-12(15)7-6-10(13(16)17)8-11(18)9-4-2-1-3-5-9;1-2-4-9(5-3-1)10-8-11-6-7-12-10;1-6(8(3)10)4-5-7(2)9/h4-6,9-10,15H,3,7-8,11-13H2,1-2H3;5-7,9-10,15-16H,4,8,11H2,1-3H3;4-6,8-9,13H,3,7,10H2,1-2H3;1-5,10-11,18H,6-8H2,(H,14,15)(H,16,17);1-5,10H,6-8H2;1,4-5H2,2-3H3. The summed E-state index contributed by atoms with van der Waals surface area (Å²) >= 11 is 14.0. The smallest absolute Gasteiger partial charge is 0.306 e. The number of allylic oxidation sites excluding steroid dienone is 1. The lowest BCUT2D eigenvalue weighted by Crippen LogP contribution is -2.28. The number of carbonyl (C=O) groups excluding carboxylic acids is 7. The fraction of sp³-hybridized carbons (Fsp3) is 0.474. The number of thioether (sulfide) groups is 5. The molecule has 7 rings (SSSR count). The van der Waals surface area contributed by atoms with Crippen molar-refractivity contribution in [2.24, 2.45) is 23.7 Å². The normalized spacial score (nSPS) is 15.5. The molecule has 0 aliphatic carbocycles. The molecule has 0 saturated carbocycles. The SMILES string of the molecule is C=C(CCC(C)=O)C(C)=O.CCCC(CC(=O)c1ccccc1)C(C)=O.CCCC(CC(SC(C)=O)c1ccccc1)C(C)=O.CCCC(CC1(c2ccccc2)SCCCS1)C(C)=O.O=C(O)CCC(CC(S)c1ccccc1)C(=O)O.c1ccc(C2CSCCS2)cc1. The van der Waals surface area contributed by atoms with Crippen LogP contribution in [0.3, 0.4) is 0 Å². The van der Waals surface area contributed by atoms with Crippen molar-refractivity contribution in [3.05, 3.63) is 192 Å². The molecule has 2 fully saturated rings. The molecule has 0 radical (unpaired) electrons. The summed E-state index contributed by atoms with van der Waals surface area (Å²) in [5.41, 5.74) is 6.19. The number of thiol groups is 1. The molecule has 17 heteroatoms. The van der Waals surface area contributed by atoms with Gasteiger partial charge in [0.25, 0.3) is 0 Å². The van der Waals surface area contributed by atoms with Gasteiger partial charge in [0.2, 0.25) is 0 Å². The fourth-order valence-electron chi connectivity index (χ4n) is 10.3. The lowest BCUT2D eigenvalue weighted by molar-refractivity contribution is -0.143. The van der Waals surface area contributed by atoms with E-state index in [1.807, 2.05) is 109 Å². The summed E-state index contributed by atoms with van der Waals surface area (Å²) in [6.45, 7) is 19.4. The molecule has 0 aromatic heterocycles. The zero-order valence-electron chi connectivity index (χ0n) is 57.4. The number of carboxylic acid groups (broad SMARTS) is 2. The zero-order valence-corrected chi connectivity index (χ0v) is 62.4. The maximum absolute atomic E-state index is 12.0. The molecule has 11 nitrogen and oxygen atoms in total. The molecule has 0 bridgehead atoms. The van der Waals surface area contributed by atoms with Crippen molar-refractivity contribution in [1.82, 2.24) is 0 Å². The highest BCUT2D eigenvalue weighted by molar-refractivity contribution is 8.18. The van der Waals surface area contributed by atoms with Crippen LogP contribution in [0.25, 0.3) is 0 Å².